The van der Waals surface area contributed by atoms with E-state index in [1.54, 1.807) is 36.4 Å². The van der Waals surface area contributed by atoms with Gasteiger partial charge in [0, 0.05) is 5.56 Å². The summed E-state index contributed by atoms with van der Waals surface area (Å²) in [5.74, 6) is -0.331. The molecule has 0 fully saturated rings. The third kappa shape index (κ3) is 3.92. The molecule has 2 rings (SSSR count). The van der Waals surface area contributed by atoms with Gasteiger partial charge in [-0.05, 0) is 48.0 Å². The molecule has 0 aliphatic rings. The monoisotopic (exact) mass is 268 g/mol. The first-order valence-electron chi connectivity index (χ1n) is 6.09. The number of carbonyl (C=O) groups is 1. The standard InChI is InChI=1S/C17H13FO2/c18-15-9-7-14(8-10-15)17(20)4-2-1-3-13-5-11-16(19)12-6-13/h1-12,19H/b3-1+,4-2+. The highest BCUT2D eigenvalue weighted by molar-refractivity contribution is 6.04. The number of hydrogen-bond donors (Lipinski definition) is 1. The zero-order valence-electron chi connectivity index (χ0n) is 10.7. The Morgan fingerprint density at radius 1 is 0.950 bits per heavy atom. The van der Waals surface area contributed by atoms with E-state index in [1.165, 1.54) is 30.3 Å². The van der Waals surface area contributed by atoms with Gasteiger partial charge in [-0.25, -0.2) is 4.39 Å². The Morgan fingerprint density at radius 2 is 1.60 bits per heavy atom. The summed E-state index contributed by atoms with van der Waals surface area (Å²) >= 11 is 0. The second-order valence-corrected chi connectivity index (χ2v) is 4.18. The molecule has 20 heavy (non-hydrogen) atoms. The van der Waals surface area contributed by atoms with Crippen LogP contribution in [-0.2, 0) is 0 Å². The molecule has 3 heteroatoms. The van der Waals surface area contributed by atoms with Crippen LogP contribution in [0.5, 0.6) is 5.75 Å². The maximum absolute atomic E-state index is 12.7. The van der Waals surface area contributed by atoms with E-state index >= 15 is 0 Å². The fourth-order valence-electron chi connectivity index (χ4n) is 1.61. The number of ketones is 1. The number of carbonyl (C=O) groups excluding carboxylic acids is 1. The number of halogens is 1. The number of phenolic OH excluding ortho intramolecular Hbond substituents is 1. The molecule has 0 amide bonds. The van der Waals surface area contributed by atoms with Crippen LogP contribution in [0.3, 0.4) is 0 Å². The van der Waals surface area contributed by atoms with Gasteiger partial charge in [-0.15, -0.1) is 0 Å². The van der Waals surface area contributed by atoms with Gasteiger partial charge in [0.2, 0.25) is 0 Å². The van der Waals surface area contributed by atoms with Gasteiger partial charge >= 0.3 is 0 Å². The average Bonchev–Trinajstić information content (AvgIpc) is 2.46. The van der Waals surface area contributed by atoms with E-state index in [0.717, 1.165) is 5.56 Å². The lowest BCUT2D eigenvalue weighted by molar-refractivity contribution is 0.104. The van der Waals surface area contributed by atoms with Crippen LogP contribution < -0.4 is 0 Å². The summed E-state index contributed by atoms with van der Waals surface area (Å²) in [6, 6.07) is 12.1. The van der Waals surface area contributed by atoms with Crippen LogP contribution in [0.25, 0.3) is 6.08 Å². The highest BCUT2D eigenvalue weighted by Crippen LogP contribution is 2.10. The summed E-state index contributed by atoms with van der Waals surface area (Å²) in [5.41, 5.74) is 1.36. The molecule has 0 aromatic heterocycles. The predicted octanol–water partition coefficient (Wildman–Crippen LogP) is 3.98. The largest absolute Gasteiger partial charge is 0.508 e. The molecule has 0 spiro atoms. The average molecular weight is 268 g/mol. The van der Waals surface area contributed by atoms with Crippen LogP contribution in [0.1, 0.15) is 15.9 Å². The first-order chi connectivity index (χ1) is 9.65. The van der Waals surface area contributed by atoms with Crippen molar-refractivity contribution < 1.29 is 14.3 Å². The Morgan fingerprint density at radius 3 is 2.25 bits per heavy atom. The first-order valence-corrected chi connectivity index (χ1v) is 6.09. The fourth-order valence-corrected chi connectivity index (χ4v) is 1.61. The molecular weight excluding hydrogens is 255 g/mol. The zero-order valence-corrected chi connectivity index (χ0v) is 10.7. The van der Waals surface area contributed by atoms with E-state index in [-0.39, 0.29) is 17.3 Å². The van der Waals surface area contributed by atoms with Crippen LogP contribution in [0.4, 0.5) is 4.39 Å². The molecule has 0 unspecified atom stereocenters. The quantitative estimate of drug-likeness (QED) is 0.517. The molecule has 100 valence electrons. The van der Waals surface area contributed by atoms with E-state index in [9.17, 15) is 9.18 Å². The van der Waals surface area contributed by atoms with E-state index in [0.29, 0.717) is 5.56 Å². The predicted molar refractivity (Wildman–Crippen MR) is 77.0 cm³/mol. The Bertz CT molecular complexity index is 638. The zero-order chi connectivity index (χ0) is 14.4. The summed E-state index contributed by atoms with van der Waals surface area (Å²) in [5, 5.41) is 9.14. The SMILES string of the molecule is O=C(/C=C/C=C/c1ccc(O)cc1)c1ccc(F)cc1. The summed E-state index contributed by atoms with van der Waals surface area (Å²) in [4.78, 5) is 11.7. The lowest BCUT2D eigenvalue weighted by Crippen LogP contribution is -1.93. The fraction of sp³-hybridized carbons (Fsp3) is 0. The summed E-state index contributed by atoms with van der Waals surface area (Å²) < 4.78 is 12.7. The topological polar surface area (TPSA) is 37.3 Å². The normalized spacial score (nSPS) is 11.2. The van der Waals surface area contributed by atoms with Crippen molar-refractivity contribution in [2.45, 2.75) is 0 Å². The van der Waals surface area contributed by atoms with Crippen molar-refractivity contribution in [3.8, 4) is 5.75 Å². The van der Waals surface area contributed by atoms with Crippen LogP contribution >= 0.6 is 0 Å². The molecule has 0 aliphatic heterocycles. The molecule has 0 radical (unpaired) electrons. The molecule has 2 nitrogen and oxygen atoms in total. The van der Waals surface area contributed by atoms with Gasteiger partial charge < -0.3 is 5.11 Å². The number of hydrogen-bond acceptors (Lipinski definition) is 2. The molecule has 2 aromatic carbocycles. The van der Waals surface area contributed by atoms with E-state index in [2.05, 4.69) is 0 Å². The second kappa shape index (κ2) is 6.48. The minimum Gasteiger partial charge on any atom is -0.508 e. The van der Waals surface area contributed by atoms with Crippen molar-refractivity contribution >= 4 is 11.9 Å². The highest BCUT2D eigenvalue weighted by atomic mass is 19.1. The molecule has 0 saturated carbocycles. The van der Waals surface area contributed by atoms with Gasteiger partial charge in [0.1, 0.15) is 11.6 Å². The lowest BCUT2D eigenvalue weighted by atomic mass is 10.1. The number of benzene rings is 2. The molecule has 0 atom stereocenters. The van der Waals surface area contributed by atoms with Crippen molar-refractivity contribution in [3.63, 3.8) is 0 Å². The molecule has 0 bridgehead atoms. The summed E-state index contributed by atoms with van der Waals surface area (Å²) in [7, 11) is 0. The third-order valence-corrected chi connectivity index (χ3v) is 2.67. The smallest absolute Gasteiger partial charge is 0.185 e. The maximum atomic E-state index is 12.7. The third-order valence-electron chi connectivity index (χ3n) is 2.67. The Balaban J connectivity index is 1.97. The molecule has 0 aliphatic carbocycles. The highest BCUT2D eigenvalue weighted by Gasteiger charge is 2.00. The molecule has 0 saturated heterocycles. The Kier molecular flexibility index (Phi) is 4.45. The van der Waals surface area contributed by atoms with Crippen LogP contribution in [0.15, 0.2) is 66.8 Å². The van der Waals surface area contributed by atoms with Crippen LogP contribution in [0.2, 0.25) is 0 Å². The molecular formula is C17H13FO2. The summed E-state index contributed by atoms with van der Waals surface area (Å²) in [6.45, 7) is 0. The van der Waals surface area contributed by atoms with Gasteiger partial charge in [-0.1, -0.05) is 30.4 Å². The molecule has 2 aromatic rings. The minimum atomic E-state index is -0.363. The van der Waals surface area contributed by atoms with Crippen LogP contribution in [0, 0.1) is 5.82 Å². The van der Waals surface area contributed by atoms with Crippen molar-refractivity contribution in [1.29, 1.82) is 0 Å². The van der Waals surface area contributed by atoms with Crippen molar-refractivity contribution in [2.75, 3.05) is 0 Å². The lowest BCUT2D eigenvalue weighted by Gasteiger charge is -1.94. The summed E-state index contributed by atoms with van der Waals surface area (Å²) in [6.07, 6.45) is 6.59. The van der Waals surface area contributed by atoms with Gasteiger partial charge in [0.15, 0.2) is 5.78 Å². The molecule has 0 heterocycles. The molecule has 1 N–H and O–H groups in total. The minimum absolute atomic E-state index is 0.180. The van der Waals surface area contributed by atoms with E-state index in [1.807, 2.05) is 6.08 Å². The van der Waals surface area contributed by atoms with E-state index < -0.39 is 0 Å². The number of aromatic hydroxyl groups is 1. The Hall–Kier alpha value is -2.68. The van der Waals surface area contributed by atoms with Crippen LogP contribution in [-0.4, -0.2) is 10.9 Å². The van der Waals surface area contributed by atoms with Gasteiger partial charge in [0.05, 0.1) is 0 Å². The maximum Gasteiger partial charge on any atom is 0.185 e. The Labute approximate surface area is 116 Å². The second-order valence-electron chi connectivity index (χ2n) is 4.18. The number of rotatable bonds is 4. The van der Waals surface area contributed by atoms with Gasteiger partial charge in [-0.2, -0.15) is 0 Å². The van der Waals surface area contributed by atoms with Crippen molar-refractivity contribution in [3.05, 3.63) is 83.7 Å². The number of phenols is 1. The van der Waals surface area contributed by atoms with Gasteiger partial charge in [0.25, 0.3) is 0 Å². The van der Waals surface area contributed by atoms with Crippen molar-refractivity contribution in [2.24, 2.45) is 0 Å². The first kappa shape index (κ1) is 13.7. The number of allylic oxidation sites excluding steroid dienone is 3. The van der Waals surface area contributed by atoms with Crippen molar-refractivity contribution in [1.82, 2.24) is 0 Å². The van der Waals surface area contributed by atoms with Gasteiger partial charge in [-0.3, -0.25) is 4.79 Å². The van der Waals surface area contributed by atoms with E-state index in [4.69, 9.17) is 5.11 Å².